The lowest BCUT2D eigenvalue weighted by Gasteiger charge is -2.35. The SMILES string of the molecule is NC(N)=NCCCC(NC(=O)C1CCN(C(=O)C2CCCN2C(=O)OCc2ccccc2)CC1)C(=O)O. The molecule has 0 radical (unpaired) electrons. The Kier molecular flexibility index (Phi) is 10.1. The quantitative estimate of drug-likeness (QED) is 0.199. The molecule has 2 atom stereocenters. The topological polar surface area (TPSA) is 181 Å². The number of hydrogen-bond donors (Lipinski definition) is 4. The van der Waals surface area contributed by atoms with Crippen LogP contribution in [-0.2, 0) is 25.7 Å². The fourth-order valence-corrected chi connectivity index (χ4v) is 4.67. The Balaban J connectivity index is 1.46. The molecule has 6 N–H and O–H groups in total. The number of ether oxygens (including phenoxy) is 1. The second kappa shape index (κ2) is 13.5. The number of nitrogens with one attached hydrogen (secondary N) is 1. The van der Waals surface area contributed by atoms with E-state index in [0.717, 1.165) is 12.0 Å². The van der Waals surface area contributed by atoms with Crippen molar-refractivity contribution in [3.8, 4) is 0 Å². The summed E-state index contributed by atoms with van der Waals surface area (Å²) in [5, 5.41) is 12.0. The Labute approximate surface area is 216 Å². The number of likely N-dealkylation sites (tertiary alicyclic amines) is 2. The summed E-state index contributed by atoms with van der Waals surface area (Å²) >= 11 is 0. The molecular weight excluding hydrogens is 480 g/mol. The Hall–Kier alpha value is -3.83. The van der Waals surface area contributed by atoms with Gasteiger partial charge in [0.2, 0.25) is 11.8 Å². The maximum Gasteiger partial charge on any atom is 0.410 e. The van der Waals surface area contributed by atoms with Crippen LogP contribution in [0.4, 0.5) is 4.79 Å². The van der Waals surface area contributed by atoms with Gasteiger partial charge in [-0.05, 0) is 44.1 Å². The molecule has 2 unspecified atom stereocenters. The standard InChI is InChI=1S/C25H36N6O6/c26-24(27)28-12-4-8-19(23(34)35)29-21(32)18-10-14-30(15-11-18)22(33)20-9-5-13-31(20)25(36)37-16-17-6-2-1-3-7-17/h1-3,6-7,18-20H,4-5,8-16H2,(H,29,32)(H,34,35)(H4,26,27,28). The lowest BCUT2D eigenvalue weighted by Crippen LogP contribution is -2.52. The van der Waals surface area contributed by atoms with Gasteiger partial charge in [0.25, 0.3) is 0 Å². The number of carboxylic acid groups (broad SMARTS) is 1. The second-order valence-corrected chi connectivity index (χ2v) is 9.34. The molecule has 3 rings (SSSR count). The molecule has 12 heteroatoms. The highest BCUT2D eigenvalue weighted by atomic mass is 16.6. The highest BCUT2D eigenvalue weighted by Crippen LogP contribution is 2.24. The van der Waals surface area contributed by atoms with Gasteiger partial charge in [-0.3, -0.25) is 19.5 Å². The van der Waals surface area contributed by atoms with Crippen LogP contribution in [0.3, 0.4) is 0 Å². The Bertz CT molecular complexity index is 975. The van der Waals surface area contributed by atoms with Gasteiger partial charge in [0.1, 0.15) is 18.7 Å². The van der Waals surface area contributed by atoms with Gasteiger partial charge in [0.05, 0.1) is 0 Å². The molecule has 1 aromatic rings. The monoisotopic (exact) mass is 516 g/mol. The van der Waals surface area contributed by atoms with Gasteiger partial charge in [-0.15, -0.1) is 0 Å². The van der Waals surface area contributed by atoms with Crippen LogP contribution in [0.1, 0.15) is 44.1 Å². The van der Waals surface area contributed by atoms with E-state index in [1.54, 1.807) is 4.90 Å². The van der Waals surface area contributed by atoms with Crippen molar-refractivity contribution in [2.24, 2.45) is 22.4 Å². The molecule has 0 saturated carbocycles. The van der Waals surface area contributed by atoms with Crippen molar-refractivity contribution in [2.45, 2.75) is 57.2 Å². The predicted octanol–water partition coefficient (Wildman–Crippen LogP) is 0.649. The van der Waals surface area contributed by atoms with E-state index in [0.29, 0.717) is 45.3 Å². The van der Waals surface area contributed by atoms with Gasteiger partial charge in [0, 0.05) is 32.1 Å². The summed E-state index contributed by atoms with van der Waals surface area (Å²) in [6.45, 7) is 1.61. The first-order valence-electron chi connectivity index (χ1n) is 12.6. The first-order chi connectivity index (χ1) is 17.8. The number of rotatable bonds is 10. The zero-order valence-electron chi connectivity index (χ0n) is 20.9. The van der Waals surface area contributed by atoms with E-state index in [9.17, 15) is 24.3 Å². The number of nitrogens with zero attached hydrogens (tertiary/aromatic N) is 3. The van der Waals surface area contributed by atoms with Crippen molar-refractivity contribution >= 4 is 29.8 Å². The summed E-state index contributed by atoms with van der Waals surface area (Å²) in [5.41, 5.74) is 11.4. The van der Waals surface area contributed by atoms with E-state index in [1.807, 2.05) is 30.3 Å². The van der Waals surface area contributed by atoms with Crippen LogP contribution in [0, 0.1) is 5.92 Å². The zero-order chi connectivity index (χ0) is 26.8. The Morgan fingerprint density at radius 3 is 2.43 bits per heavy atom. The lowest BCUT2D eigenvalue weighted by molar-refractivity contribution is -0.143. The first-order valence-corrected chi connectivity index (χ1v) is 12.6. The molecule has 2 aliphatic rings. The van der Waals surface area contributed by atoms with Crippen molar-refractivity contribution in [3.63, 3.8) is 0 Å². The van der Waals surface area contributed by atoms with Crippen LogP contribution >= 0.6 is 0 Å². The zero-order valence-corrected chi connectivity index (χ0v) is 20.9. The summed E-state index contributed by atoms with van der Waals surface area (Å²) in [5.74, 6) is -2.06. The molecule has 37 heavy (non-hydrogen) atoms. The average molecular weight is 517 g/mol. The summed E-state index contributed by atoms with van der Waals surface area (Å²) < 4.78 is 5.43. The number of carbonyl (C=O) groups is 4. The Morgan fingerprint density at radius 1 is 1.08 bits per heavy atom. The van der Waals surface area contributed by atoms with Gasteiger partial charge in [0.15, 0.2) is 5.96 Å². The first kappa shape index (κ1) is 27.8. The summed E-state index contributed by atoms with van der Waals surface area (Å²) in [6.07, 6.45) is 2.23. The van der Waals surface area contributed by atoms with Crippen LogP contribution in [0.5, 0.6) is 0 Å². The fraction of sp³-hybridized carbons (Fsp3) is 0.560. The molecule has 202 valence electrons. The van der Waals surface area contributed by atoms with E-state index in [2.05, 4.69) is 10.3 Å². The number of amides is 3. The van der Waals surface area contributed by atoms with Crippen LogP contribution in [0.25, 0.3) is 0 Å². The van der Waals surface area contributed by atoms with Crippen molar-refractivity contribution < 1.29 is 29.0 Å². The Morgan fingerprint density at radius 2 is 1.78 bits per heavy atom. The number of benzene rings is 1. The summed E-state index contributed by atoms with van der Waals surface area (Å²) in [4.78, 5) is 57.1. The average Bonchev–Trinajstić information content (AvgIpc) is 3.39. The minimum atomic E-state index is -1.12. The third kappa shape index (κ3) is 8.09. The van der Waals surface area contributed by atoms with Crippen LogP contribution < -0.4 is 16.8 Å². The van der Waals surface area contributed by atoms with E-state index in [-0.39, 0.29) is 43.3 Å². The minimum absolute atomic E-state index is 0.0676. The number of hydrogen-bond acceptors (Lipinski definition) is 6. The van der Waals surface area contributed by atoms with E-state index in [1.165, 1.54) is 4.90 Å². The molecule has 2 fully saturated rings. The highest BCUT2D eigenvalue weighted by molar-refractivity contribution is 5.87. The van der Waals surface area contributed by atoms with Gasteiger partial charge >= 0.3 is 12.1 Å². The smallest absolute Gasteiger partial charge is 0.410 e. The van der Waals surface area contributed by atoms with Crippen molar-refractivity contribution in [3.05, 3.63) is 35.9 Å². The molecule has 2 aliphatic heterocycles. The van der Waals surface area contributed by atoms with Crippen LogP contribution in [-0.4, -0.2) is 83.0 Å². The minimum Gasteiger partial charge on any atom is -0.480 e. The molecule has 2 heterocycles. The number of carboxylic acids is 1. The van der Waals surface area contributed by atoms with Gasteiger partial charge < -0.3 is 31.5 Å². The maximum atomic E-state index is 13.2. The van der Waals surface area contributed by atoms with Crippen molar-refractivity contribution in [2.75, 3.05) is 26.2 Å². The lowest BCUT2D eigenvalue weighted by atomic mass is 9.94. The van der Waals surface area contributed by atoms with E-state index in [4.69, 9.17) is 16.2 Å². The molecular formula is C25H36N6O6. The fourth-order valence-electron chi connectivity index (χ4n) is 4.67. The van der Waals surface area contributed by atoms with Crippen molar-refractivity contribution in [1.82, 2.24) is 15.1 Å². The van der Waals surface area contributed by atoms with Crippen molar-refractivity contribution in [1.29, 1.82) is 0 Å². The highest BCUT2D eigenvalue weighted by Gasteiger charge is 2.39. The number of aliphatic imine (C=N–C) groups is 1. The molecule has 2 saturated heterocycles. The molecule has 0 bridgehead atoms. The second-order valence-electron chi connectivity index (χ2n) is 9.34. The largest absolute Gasteiger partial charge is 0.480 e. The van der Waals surface area contributed by atoms with Gasteiger partial charge in [-0.2, -0.15) is 0 Å². The number of carbonyl (C=O) groups excluding carboxylic acids is 3. The molecule has 3 amide bonds. The third-order valence-electron chi connectivity index (χ3n) is 6.71. The van der Waals surface area contributed by atoms with Gasteiger partial charge in [-0.25, -0.2) is 9.59 Å². The van der Waals surface area contributed by atoms with Crippen LogP contribution in [0.2, 0.25) is 0 Å². The number of guanidine groups is 1. The maximum absolute atomic E-state index is 13.2. The summed E-state index contributed by atoms with van der Waals surface area (Å²) in [7, 11) is 0. The van der Waals surface area contributed by atoms with Crippen LogP contribution in [0.15, 0.2) is 35.3 Å². The predicted molar refractivity (Wildman–Crippen MR) is 135 cm³/mol. The molecule has 0 aliphatic carbocycles. The van der Waals surface area contributed by atoms with Gasteiger partial charge in [-0.1, -0.05) is 30.3 Å². The summed E-state index contributed by atoms with van der Waals surface area (Å²) in [6, 6.07) is 7.75. The molecule has 0 spiro atoms. The molecule has 0 aromatic heterocycles. The number of piperidine rings is 1. The third-order valence-corrected chi connectivity index (χ3v) is 6.71. The number of nitrogens with two attached hydrogens (primary N) is 2. The van der Waals surface area contributed by atoms with E-state index >= 15 is 0 Å². The number of aliphatic carboxylic acids is 1. The normalized spacial score (nSPS) is 18.6. The van der Waals surface area contributed by atoms with E-state index < -0.39 is 24.1 Å². The molecule has 1 aromatic carbocycles. The molecule has 12 nitrogen and oxygen atoms in total.